The van der Waals surface area contributed by atoms with Crippen LogP contribution in [0.3, 0.4) is 0 Å². The zero-order valence-corrected chi connectivity index (χ0v) is 19.3. The molecule has 1 heterocycles. The third kappa shape index (κ3) is 6.95. The number of nitrogens with zero attached hydrogens (tertiary/aromatic N) is 2. The van der Waals surface area contributed by atoms with Gasteiger partial charge < -0.3 is 16.0 Å². The molecule has 0 radical (unpaired) electrons. The van der Waals surface area contributed by atoms with E-state index < -0.39 is 23.6 Å². The Morgan fingerprint density at radius 3 is 2.29 bits per heavy atom. The van der Waals surface area contributed by atoms with E-state index in [0.29, 0.717) is 11.3 Å². The predicted molar refractivity (Wildman–Crippen MR) is 133 cm³/mol. The number of pyridine rings is 1. The van der Waals surface area contributed by atoms with Crippen LogP contribution in [0.2, 0.25) is 0 Å². The van der Waals surface area contributed by atoms with Gasteiger partial charge in [-0.25, -0.2) is 0 Å². The summed E-state index contributed by atoms with van der Waals surface area (Å²) in [5.74, 6) is -2.45. The minimum atomic E-state index is -1.09. The maximum Gasteiger partial charge on any atom is 0.287 e. The number of Topliss-reactive ketones (excluding diaryl/α,β-unsaturated/α-hetero) is 1. The smallest absolute Gasteiger partial charge is 0.287 e. The van der Waals surface area contributed by atoms with E-state index in [2.05, 4.69) is 27.3 Å². The van der Waals surface area contributed by atoms with Gasteiger partial charge in [-0.3, -0.25) is 19.4 Å². The molecule has 2 amide bonds. The molecule has 174 valence electrons. The lowest BCUT2D eigenvalue weighted by molar-refractivity contribution is -0.137. The molecule has 0 saturated carbocycles. The molecule has 7 nitrogen and oxygen atoms in total. The first kappa shape index (κ1) is 24.5. The van der Waals surface area contributed by atoms with Gasteiger partial charge in [0.15, 0.2) is 0 Å². The van der Waals surface area contributed by atoms with Crippen molar-refractivity contribution >= 4 is 29.7 Å². The van der Waals surface area contributed by atoms with Crippen molar-refractivity contribution in [2.24, 2.45) is 5.73 Å². The van der Waals surface area contributed by atoms with Crippen molar-refractivity contribution in [2.45, 2.75) is 19.0 Å². The standard InChI is InChI=1S/C27H28N4O3/c1-31(2)18-21-12-10-19(11-13-21)14-15-23-22(9-6-16-29-23)27(34)30-24(25(32)26(28)33)17-20-7-4-3-5-8-20/h3-16,24H,17-18H2,1-2H3,(H2,28,33)(H,30,34). The van der Waals surface area contributed by atoms with Gasteiger partial charge in [-0.2, -0.15) is 0 Å². The molecule has 0 saturated heterocycles. The van der Waals surface area contributed by atoms with Gasteiger partial charge in [-0.05, 0) is 49.0 Å². The Kier molecular flexibility index (Phi) is 8.43. The molecule has 1 aromatic heterocycles. The van der Waals surface area contributed by atoms with E-state index >= 15 is 0 Å². The minimum Gasteiger partial charge on any atom is -0.363 e. The van der Waals surface area contributed by atoms with Crippen LogP contribution in [-0.2, 0) is 22.6 Å². The molecular formula is C27H28N4O3. The van der Waals surface area contributed by atoms with Crippen molar-refractivity contribution in [1.82, 2.24) is 15.2 Å². The maximum absolute atomic E-state index is 13.1. The van der Waals surface area contributed by atoms with E-state index in [-0.39, 0.29) is 6.42 Å². The fraction of sp³-hybridized carbons (Fsp3) is 0.185. The van der Waals surface area contributed by atoms with Crippen LogP contribution in [-0.4, -0.2) is 47.6 Å². The Hall–Kier alpha value is -4.10. The highest BCUT2D eigenvalue weighted by atomic mass is 16.2. The average Bonchev–Trinajstić information content (AvgIpc) is 2.83. The number of amides is 2. The largest absolute Gasteiger partial charge is 0.363 e. The van der Waals surface area contributed by atoms with E-state index in [1.807, 2.05) is 62.6 Å². The third-order valence-electron chi connectivity index (χ3n) is 5.14. The molecule has 3 N–H and O–H groups in total. The molecule has 0 aliphatic heterocycles. The highest BCUT2D eigenvalue weighted by molar-refractivity contribution is 6.38. The van der Waals surface area contributed by atoms with Gasteiger partial charge >= 0.3 is 0 Å². The quantitative estimate of drug-likeness (QED) is 0.457. The molecule has 1 atom stereocenters. The van der Waals surface area contributed by atoms with E-state index in [9.17, 15) is 14.4 Å². The number of carbonyl (C=O) groups is 3. The lowest BCUT2D eigenvalue weighted by atomic mass is 10.0. The van der Waals surface area contributed by atoms with Gasteiger partial charge in [-0.15, -0.1) is 0 Å². The highest BCUT2D eigenvalue weighted by Gasteiger charge is 2.26. The summed E-state index contributed by atoms with van der Waals surface area (Å²) in [6.07, 6.45) is 5.36. The molecule has 7 heteroatoms. The third-order valence-corrected chi connectivity index (χ3v) is 5.14. The Morgan fingerprint density at radius 1 is 0.941 bits per heavy atom. The molecule has 0 aliphatic rings. The lowest BCUT2D eigenvalue weighted by Crippen LogP contribution is -2.47. The van der Waals surface area contributed by atoms with Crippen LogP contribution in [0.15, 0.2) is 72.9 Å². The monoisotopic (exact) mass is 456 g/mol. The summed E-state index contributed by atoms with van der Waals surface area (Å²) in [6, 6.07) is 19.4. The summed E-state index contributed by atoms with van der Waals surface area (Å²) in [6.45, 7) is 0.850. The fourth-order valence-electron chi connectivity index (χ4n) is 3.48. The number of hydrogen-bond acceptors (Lipinski definition) is 5. The molecule has 0 aliphatic carbocycles. The number of primary amides is 1. The molecule has 3 aromatic rings. The summed E-state index contributed by atoms with van der Waals surface area (Å²) in [4.78, 5) is 43.4. The van der Waals surface area contributed by atoms with Crippen LogP contribution in [0.4, 0.5) is 0 Å². The molecule has 0 spiro atoms. The van der Waals surface area contributed by atoms with Gasteiger partial charge in [0.1, 0.15) is 6.04 Å². The molecule has 34 heavy (non-hydrogen) atoms. The Labute approximate surface area is 199 Å². The number of rotatable bonds is 10. The van der Waals surface area contributed by atoms with Gasteiger partial charge in [-0.1, -0.05) is 60.7 Å². The number of aromatic nitrogens is 1. The molecular weight excluding hydrogens is 428 g/mol. The van der Waals surface area contributed by atoms with E-state index in [1.54, 1.807) is 24.4 Å². The number of carbonyl (C=O) groups excluding carboxylic acids is 3. The van der Waals surface area contributed by atoms with E-state index in [4.69, 9.17) is 5.73 Å². The summed E-state index contributed by atoms with van der Waals surface area (Å²) in [5.41, 5.74) is 8.91. The van der Waals surface area contributed by atoms with Crippen LogP contribution in [0.1, 0.15) is 32.7 Å². The second kappa shape index (κ2) is 11.7. The van der Waals surface area contributed by atoms with Crippen LogP contribution >= 0.6 is 0 Å². The minimum absolute atomic E-state index is 0.152. The van der Waals surface area contributed by atoms with Crippen molar-refractivity contribution in [2.75, 3.05) is 14.1 Å². The maximum atomic E-state index is 13.1. The van der Waals surface area contributed by atoms with E-state index in [0.717, 1.165) is 17.7 Å². The van der Waals surface area contributed by atoms with Crippen molar-refractivity contribution in [1.29, 1.82) is 0 Å². The van der Waals surface area contributed by atoms with Crippen LogP contribution < -0.4 is 11.1 Å². The Balaban J connectivity index is 1.78. The first-order chi connectivity index (χ1) is 16.3. The second-order valence-corrected chi connectivity index (χ2v) is 8.19. The zero-order valence-electron chi connectivity index (χ0n) is 19.3. The number of benzene rings is 2. The van der Waals surface area contributed by atoms with Crippen LogP contribution in [0.25, 0.3) is 12.2 Å². The summed E-state index contributed by atoms with van der Waals surface area (Å²) < 4.78 is 0. The first-order valence-electron chi connectivity index (χ1n) is 10.9. The summed E-state index contributed by atoms with van der Waals surface area (Å²) >= 11 is 0. The number of hydrogen-bond donors (Lipinski definition) is 2. The molecule has 3 rings (SSSR count). The van der Waals surface area contributed by atoms with Crippen LogP contribution in [0, 0.1) is 0 Å². The number of nitrogens with two attached hydrogens (primary N) is 1. The van der Waals surface area contributed by atoms with Gasteiger partial charge in [0.2, 0.25) is 5.78 Å². The normalized spacial score (nSPS) is 12.0. The van der Waals surface area contributed by atoms with Gasteiger partial charge in [0, 0.05) is 19.2 Å². The fourth-order valence-corrected chi connectivity index (χ4v) is 3.48. The van der Waals surface area contributed by atoms with Crippen molar-refractivity contribution in [3.05, 3.63) is 101 Å². The number of ketones is 1. The van der Waals surface area contributed by atoms with Crippen molar-refractivity contribution in [3.8, 4) is 0 Å². The first-order valence-corrected chi connectivity index (χ1v) is 10.9. The van der Waals surface area contributed by atoms with Gasteiger partial charge in [0.05, 0.1) is 11.3 Å². The van der Waals surface area contributed by atoms with Crippen molar-refractivity contribution in [3.63, 3.8) is 0 Å². The number of nitrogens with one attached hydrogen (secondary N) is 1. The molecule has 0 bridgehead atoms. The second-order valence-electron chi connectivity index (χ2n) is 8.19. The van der Waals surface area contributed by atoms with E-state index in [1.165, 1.54) is 5.56 Å². The highest BCUT2D eigenvalue weighted by Crippen LogP contribution is 2.14. The predicted octanol–water partition coefficient (Wildman–Crippen LogP) is 2.71. The Bertz CT molecular complexity index is 1170. The summed E-state index contributed by atoms with van der Waals surface area (Å²) in [7, 11) is 4.03. The van der Waals surface area contributed by atoms with Crippen molar-refractivity contribution < 1.29 is 14.4 Å². The lowest BCUT2D eigenvalue weighted by Gasteiger charge is -2.17. The molecule has 0 fully saturated rings. The topological polar surface area (TPSA) is 105 Å². The molecule has 1 unspecified atom stereocenters. The summed E-state index contributed by atoms with van der Waals surface area (Å²) in [5, 5.41) is 2.66. The van der Waals surface area contributed by atoms with Crippen LogP contribution in [0.5, 0.6) is 0 Å². The van der Waals surface area contributed by atoms with Gasteiger partial charge in [0.25, 0.3) is 11.8 Å². The average molecular weight is 457 g/mol. The Morgan fingerprint density at radius 2 is 1.65 bits per heavy atom. The SMILES string of the molecule is CN(C)Cc1ccc(C=Cc2ncccc2C(=O)NC(Cc2ccccc2)C(=O)C(N)=O)cc1. The zero-order chi connectivity index (χ0) is 24.5. The molecule has 2 aromatic carbocycles.